The van der Waals surface area contributed by atoms with E-state index in [0.717, 1.165) is 5.00 Å². The number of hydrogen-bond donors (Lipinski definition) is 1. The van der Waals surface area contributed by atoms with Crippen molar-refractivity contribution >= 4 is 79.4 Å². The monoisotopic (exact) mass is 325 g/mol. The van der Waals surface area contributed by atoms with E-state index in [4.69, 9.17) is 5.73 Å². The van der Waals surface area contributed by atoms with Gasteiger partial charge in [0.15, 0.2) is 0 Å². The number of rotatable bonds is 0. The van der Waals surface area contributed by atoms with Crippen molar-refractivity contribution in [2.75, 3.05) is 5.73 Å². The van der Waals surface area contributed by atoms with Gasteiger partial charge in [-0.25, -0.2) is 0 Å². The first-order chi connectivity index (χ1) is 10.2. The minimum atomic E-state index is 0.891. The summed E-state index contributed by atoms with van der Waals surface area (Å²) in [5, 5.41) is 6.22. The maximum Gasteiger partial charge on any atom is 0.0868 e. The number of nitrogen functional groups attached to an aromatic ring is 1. The van der Waals surface area contributed by atoms with Crippen molar-refractivity contribution in [3.63, 3.8) is 0 Å². The molecule has 3 aromatic heterocycles. The van der Waals surface area contributed by atoms with Crippen LogP contribution in [0, 0.1) is 6.92 Å². The number of hydrogen-bond acceptors (Lipinski definition) is 4. The Hall–Kier alpha value is -1.62. The second-order valence-corrected chi connectivity index (χ2v) is 8.87. The van der Waals surface area contributed by atoms with Gasteiger partial charge in [0.1, 0.15) is 0 Å². The highest BCUT2D eigenvalue weighted by Gasteiger charge is 2.10. The van der Waals surface area contributed by atoms with Gasteiger partial charge in [0.25, 0.3) is 0 Å². The summed E-state index contributed by atoms with van der Waals surface area (Å²) in [4.78, 5) is 1.37. The molecule has 2 aromatic carbocycles. The van der Waals surface area contributed by atoms with Crippen molar-refractivity contribution in [3.05, 3.63) is 41.3 Å². The Morgan fingerprint density at radius 2 is 1.29 bits per heavy atom. The maximum atomic E-state index is 5.94. The first-order valence-corrected chi connectivity index (χ1v) is 9.18. The largest absolute Gasteiger partial charge is 0.391 e. The van der Waals surface area contributed by atoms with Crippen molar-refractivity contribution in [2.45, 2.75) is 6.92 Å². The number of nitrogens with two attached hydrogens (primary N) is 1. The van der Waals surface area contributed by atoms with Crippen molar-refractivity contribution in [2.24, 2.45) is 0 Å². The molecule has 102 valence electrons. The standard InChI is InChI=1S/C17H11NS3/c1-8-2-9-3-11-12-4-10-5-17(18)21-14(10)7-16(12)20-15(11)6-13(9)19-8/h2-7H,18H2,1H3. The summed E-state index contributed by atoms with van der Waals surface area (Å²) in [6, 6.07) is 13.6. The molecule has 0 saturated carbocycles. The Bertz CT molecular complexity index is 1070. The molecule has 0 bridgehead atoms. The van der Waals surface area contributed by atoms with E-state index < -0.39 is 0 Å². The first-order valence-electron chi connectivity index (χ1n) is 6.73. The fraction of sp³-hybridized carbons (Fsp3) is 0.0588. The molecular formula is C17H11NS3. The molecule has 0 fully saturated rings. The summed E-state index contributed by atoms with van der Waals surface area (Å²) < 4.78 is 5.40. The van der Waals surface area contributed by atoms with Gasteiger partial charge >= 0.3 is 0 Å². The van der Waals surface area contributed by atoms with Gasteiger partial charge in [-0.3, -0.25) is 0 Å². The molecule has 0 aliphatic rings. The van der Waals surface area contributed by atoms with Crippen LogP contribution in [-0.4, -0.2) is 0 Å². The lowest BCUT2D eigenvalue weighted by atomic mass is 10.1. The first kappa shape index (κ1) is 12.0. The van der Waals surface area contributed by atoms with Crippen molar-refractivity contribution in [3.8, 4) is 0 Å². The highest BCUT2D eigenvalue weighted by Crippen LogP contribution is 2.41. The van der Waals surface area contributed by atoms with Crippen LogP contribution in [0.5, 0.6) is 0 Å². The van der Waals surface area contributed by atoms with E-state index in [1.807, 2.05) is 22.7 Å². The van der Waals surface area contributed by atoms with E-state index in [0.29, 0.717) is 0 Å². The summed E-state index contributed by atoms with van der Waals surface area (Å²) in [5.74, 6) is 0. The summed E-state index contributed by atoms with van der Waals surface area (Å²) in [7, 11) is 0. The molecule has 0 aliphatic heterocycles. The molecule has 0 amide bonds. The van der Waals surface area contributed by atoms with Crippen LogP contribution in [0.15, 0.2) is 36.4 Å². The van der Waals surface area contributed by atoms with Crippen LogP contribution >= 0.6 is 34.0 Å². The molecule has 5 aromatic rings. The molecule has 5 rings (SSSR count). The number of anilines is 1. The molecule has 4 heteroatoms. The Morgan fingerprint density at radius 3 is 2.00 bits per heavy atom. The zero-order valence-electron chi connectivity index (χ0n) is 11.3. The van der Waals surface area contributed by atoms with Gasteiger partial charge in [-0.2, -0.15) is 0 Å². The Balaban J connectivity index is 1.97. The molecule has 2 N–H and O–H groups in total. The molecule has 0 unspecified atom stereocenters. The predicted molar refractivity (Wildman–Crippen MR) is 99.2 cm³/mol. The molecule has 3 heterocycles. The van der Waals surface area contributed by atoms with E-state index in [1.165, 1.54) is 45.2 Å². The van der Waals surface area contributed by atoms with Crippen LogP contribution in [-0.2, 0) is 0 Å². The van der Waals surface area contributed by atoms with Crippen LogP contribution < -0.4 is 5.73 Å². The second-order valence-electron chi connectivity index (χ2n) is 5.38. The fourth-order valence-electron chi connectivity index (χ4n) is 3.00. The van der Waals surface area contributed by atoms with Gasteiger partial charge < -0.3 is 5.73 Å². The van der Waals surface area contributed by atoms with Crippen LogP contribution in [0.3, 0.4) is 0 Å². The van der Waals surface area contributed by atoms with Crippen LogP contribution in [0.25, 0.3) is 40.3 Å². The Kier molecular flexibility index (Phi) is 2.27. The molecule has 21 heavy (non-hydrogen) atoms. The summed E-state index contributed by atoms with van der Waals surface area (Å²) in [6.07, 6.45) is 0. The van der Waals surface area contributed by atoms with E-state index in [1.54, 1.807) is 11.3 Å². The van der Waals surface area contributed by atoms with Gasteiger partial charge in [0.2, 0.25) is 0 Å². The zero-order valence-corrected chi connectivity index (χ0v) is 13.7. The lowest BCUT2D eigenvalue weighted by molar-refractivity contribution is 1.66. The zero-order chi connectivity index (χ0) is 14.1. The average molecular weight is 325 g/mol. The summed E-state index contributed by atoms with van der Waals surface area (Å²) in [5.41, 5.74) is 5.94. The summed E-state index contributed by atoms with van der Waals surface area (Å²) in [6.45, 7) is 2.18. The second kappa shape index (κ2) is 3.97. The highest BCUT2D eigenvalue weighted by molar-refractivity contribution is 7.27. The van der Waals surface area contributed by atoms with Crippen molar-refractivity contribution in [1.29, 1.82) is 0 Å². The molecular weight excluding hydrogens is 314 g/mol. The SMILES string of the molecule is Cc1cc2cc3c(cc2s1)sc1cc2sc(N)cc2cc13. The molecule has 0 aliphatic carbocycles. The van der Waals surface area contributed by atoms with E-state index >= 15 is 0 Å². The van der Waals surface area contributed by atoms with Crippen LogP contribution in [0.4, 0.5) is 5.00 Å². The fourth-order valence-corrected chi connectivity index (χ4v) is 6.09. The minimum Gasteiger partial charge on any atom is -0.391 e. The highest BCUT2D eigenvalue weighted by atomic mass is 32.1. The normalized spacial score (nSPS) is 12.2. The Morgan fingerprint density at radius 1 is 0.667 bits per heavy atom. The molecule has 0 spiro atoms. The molecule has 0 saturated heterocycles. The third-order valence-corrected chi connectivity index (χ3v) is 6.95. The van der Waals surface area contributed by atoms with E-state index in [2.05, 4.69) is 43.3 Å². The lowest BCUT2D eigenvalue weighted by Crippen LogP contribution is -1.72. The number of fused-ring (bicyclic) bond motifs is 5. The van der Waals surface area contributed by atoms with Crippen LogP contribution in [0.1, 0.15) is 4.88 Å². The summed E-state index contributed by atoms with van der Waals surface area (Å²) >= 11 is 5.43. The maximum absolute atomic E-state index is 5.94. The van der Waals surface area contributed by atoms with Gasteiger partial charge in [-0.05, 0) is 54.1 Å². The minimum absolute atomic E-state index is 0.891. The number of thiophene rings is 3. The Labute approximate surface area is 133 Å². The molecule has 0 atom stereocenters. The topological polar surface area (TPSA) is 26.0 Å². The van der Waals surface area contributed by atoms with Gasteiger partial charge in [-0.1, -0.05) is 0 Å². The average Bonchev–Trinajstić information content (AvgIpc) is 3.05. The quantitative estimate of drug-likeness (QED) is 0.351. The van der Waals surface area contributed by atoms with E-state index in [-0.39, 0.29) is 0 Å². The van der Waals surface area contributed by atoms with Crippen molar-refractivity contribution < 1.29 is 0 Å². The lowest BCUT2D eigenvalue weighted by Gasteiger charge is -1.94. The third kappa shape index (κ3) is 1.67. The third-order valence-electron chi connectivity index (χ3n) is 3.89. The molecule has 1 nitrogen and oxygen atoms in total. The molecule has 0 radical (unpaired) electrons. The van der Waals surface area contributed by atoms with E-state index in [9.17, 15) is 0 Å². The van der Waals surface area contributed by atoms with Gasteiger partial charge in [0, 0.05) is 34.4 Å². The van der Waals surface area contributed by atoms with Gasteiger partial charge in [-0.15, -0.1) is 34.0 Å². The smallest absolute Gasteiger partial charge is 0.0868 e. The number of benzene rings is 2. The van der Waals surface area contributed by atoms with Crippen molar-refractivity contribution in [1.82, 2.24) is 0 Å². The van der Waals surface area contributed by atoms with Crippen LogP contribution in [0.2, 0.25) is 0 Å². The predicted octanol–water partition coefficient (Wildman–Crippen LogP) is 6.37. The number of aryl methyl sites for hydroxylation is 1. The van der Waals surface area contributed by atoms with Gasteiger partial charge in [0.05, 0.1) is 5.00 Å².